The van der Waals surface area contributed by atoms with E-state index in [4.69, 9.17) is 5.73 Å². The lowest BCUT2D eigenvalue weighted by Gasteiger charge is -2.23. The third-order valence-corrected chi connectivity index (χ3v) is 2.21. The first-order valence-electron chi connectivity index (χ1n) is 4.45. The van der Waals surface area contributed by atoms with Crippen molar-refractivity contribution in [3.8, 4) is 0 Å². The number of nitrogen functional groups attached to an aromatic ring is 1. The largest absolute Gasteiger partial charge is 0.385 e. The maximum atomic E-state index is 5.93. The fourth-order valence-electron chi connectivity index (χ4n) is 1.76. The highest BCUT2D eigenvalue weighted by atomic mass is 15.1. The Labute approximate surface area is 77.5 Å². The number of nitrogens with two attached hydrogens (primary N) is 1. The van der Waals surface area contributed by atoms with Gasteiger partial charge in [-0.05, 0) is 32.9 Å². The molecule has 0 aliphatic carbocycles. The Bertz CT molecular complexity index is 428. The van der Waals surface area contributed by atoms with Crippen LogP contribution in [0.2, 0.25) is 0 Å². The third-order valence-electron chi connectivity index (χ3n) is 2.21. The first-order valence-corrected chi connectivity index (χ1v) is 4.45. The van der Waals surface area contributed by atoms with Gasteiger partial charge >= 0.3 is 0 Å². The number of aromatic amines is 1. The molecule has 3 nitrogen and oxygen atoms in total. The number of nitrogens with zero attached hydrogens (tertiary/aromatic N) is 1. The predicted molar refractivity (Wildman–Crippen MR) is 55.7 cm³/mol. The van der Waals surface area contributed by atoms with Crippen LogP contribution < -0.4 is 5.73 Å². The Morgan fingerprint density at radius 1 is 1.38 bits per heavy atom. The van der Waals surface area contributed by atoms with Gasteiger partial charge in [0.1, 0.15) is 11.5 Å². The van der Waals surface area contributed by atoms with E-state index in [2.05, 4.69) is 30.3 Å². The quantitative estimate of drug-likeness (QED) is 0.637. The van der Waals surface area contributed by atoms with Gasteiger partial charge in [0.05, 0.1) is 0 Å². The fourth-order valence-corrected chi connectivity index (χ4v) is 1.76. The molecule has 13 heavy (non-hydrogen) atoms. The van der Waals surface area contributed by atoms with Gasteiger partial charge in [0.2, 0.25) is 0 Å². The second kappa shape index (κ2) is 2.31. The number of fused-ring (bicyclic) bond motifs is 1. The van der Waals surface area contributed by atoms with Crippen LogP contribution in [0.4, 0.5) is 5.82 Å². The number of H-pyrrole nitrogens is 1. The summed E-state index contributed by atoms with van der Waals surface area (Å²) in [6.07, 6.45) is 1.94. The zero-order valence-corrected chi connectivity index (χ0v) is 8.26. The van der Waals surface area contributed by atoms with Crippen LogP contribution in [0.3, 0.4) is 0 Å². The molecule has 0 saturated heterocycles. The van der Waals surface area contributed by atoms with Crippen molar-refractivity contribution in [1.29, 1.82) is 0 Å². The molecular formula is C10H15N3. The number of aromatic nitrogens is 2. The number of hydrogen-bond donors (Lipinski definition) is 2. The molecule has 0 amide bonds. The third kappa shape index (κ3) is 1.11. The minimum atomic E-state index is 0.0245. The van der Waals surface area contributed by atoms with Crippen LogP contribution in [0, 0.1) is 0 Å². The van der Waals surface area contributed by atoms with Crippen molar-refractivity contribution in [2.24, 2.45) is 0 Å². The van der Waals surface area contributed by atoms with Crippen LogP contribution in [0.25, 0.3) is 11.0 Å². The summed E-state index contributed by atoms with van der Waals surface area (Å²) in [6.45, 7) is 6.43. The van der Waals surface area contributed by atoms with Gasteiger partial charge in [-0.3, -0.25) is 0 Å². The maximum absolute atomic E-state index is 5.93. The van der Waals surface area contributed by atoms with Crippen LogP contribution >= 0.6 is 0 Å². The Balaban J connectivity index is 2.78. The molecule has 0 saturated carbocycles. The summed E-state index contributed by atoms with van der Waals surface area (Å²) in [4.78, 5) is 3.20. The number of rotatable bonds is 0. The summed E-state index contributed by atoms with van der Waals surface area (Å²) in [5.41, 5.74) is 7.05. The summed E-state index contributed by atoms with van der Waals surface area (Å²) in [6, 6.07) is 4.03. The van der Waals surface area contributed by atoms with Crippen LogP contribution in [-0.4, -0.2) is 9.55 Å². The highest BCUT2D eigenvalue weighted by Gasteiger charge is 2.18. The fraction of sp³-hybridized carbons (Fsp3) is 0.400. The van der Waals surface area contributed by atoms with Crippen molar-refractivity contribution < 1.29 is 0 Å². The van der Waals surface area contributed by atoms with E-state index in [0.29, 0.717) is 0 Å². The summed E-state index contributed by atoms with van der Waals surface area (Å²) < 4.78 is 2.11. The molecule has 2 heterocycles. The predicted octanol–water partition coefficient (Wildman–Crippen LogP) is 2.31. The van der Waals surface area contributed by atoms with E-state index in [9.17, 15) is 0 Å². The van der Waals surface area contributed by atoms with E-state index < -0.39 is 0 Å². The van der Waals surface area contributed by atoms with Gasteiger partial charge in [0, 0.05) is 17.1 Å². The van der Waals surface area contributed by atoms with Gasteiger partial charge in [0.15, 0.2) is 0 Å². The smallest absolute Gasteiger partial charge is 0.119 e. The molecule has 70 valence electrons. The molecule has 2 rings (SSSR count). The van der Waals surface area contributed by atoms with Crippen molar-refractivity contribution in [1.82, 2.24) is 9.55 Å². The molecule has 0 atom stereocenters. The van der Waals surface area contributed by atoms with Gasteiger partial charge in [-0.1, -0.05) is 0 Å². The molecule has 2 aromatic heterocycles. The lowest BCUT2D eigenvalue weighted by molar-refractivity contribution is 0.414. The molecule has 0 aliphatic rings. The van der Waals surface area contributed by atoms with Crippen molar-refractivity contribution in [2.45, 2.75) is 26.3 Å². The highest BCUT2D eigenvalue weighted by molar-refractivity contribution is 5.82. The van der Waals surface area contributed by atoms with E-state index in [1.54, 1.807) is 0 Å². The second-order valence-corrected chi connectivity index (χ2v) is 4.36. The molecule has 3 N–H and O–H groups in total. The van der Waals surface area contributed by atoms with Crippen LogP contribution in [-0.2, 0) is 5.54 Å². The first-order chi connectivity index (χ1) is 6.00. The minimum absolute atomic E-state index is 0.0245. The average molecular weight is 177 g/mol. The molecule has 0 spiro atoms. The molecule has 0 aromatic carbocycles. The molecule has 0 radical (unpaired) electrons. The van der Waals surface area contributed by atoms with Crippen molar-refractivity contribution in [2.75, 3.05) is 5.73 Å². The number of hydrogen-bond acceptors (Lipinski definition) is 1. The Hall–Kier alpha value is -1.38. The van der Waals surface area contributed by atoms with E-state index in [0.717, 1.165) is 11.5 Å². The van der Waals surface area contributed by atoms with Gasteiger partial charge in [-0.2, -0.15) is 0 Å². The van der Waals surface area contributed by atoms with Crippen molar-refractivity contribution in [3.63, 3.8) is 0 Å². The zero-order valence-electron chi connectivity index (χ0n) is 8.26. The van der Waals surface area contributed by atoms with Crippen molar-refractivity contribution in [3.05, 3.63) is 18.3 Å². The lowest BCUT2D eigenvalue weighted by Crippen LogP contribution is -2.23. The summed E-state index contributed by atoms with van der Waals surface area (Å²) in [5.74, 6) is 0.814. The molecule has 2 aromatic rings. The van der Waals surface area contributed by atoms with Gasteiger partial charge in [-0.25, -0.2) is 0 Å². The molecule has 0 aliphatic heterocycles. The molecule has 0 bridgehead atoms. The van der Waals surface area contributed by atoms with E-state index >= 15 is 0 Å². The summed E-state index contributed by atoms with van der Waals surface area (Å²) >= 11 is 0. The molecular weight excluding hydrogens is 162 g/mol. The van der Waals surface area contributed by atoms with Gasteiger partial charge < -0.3 is 15.3 Å². The Morgan fingerprint density at radius 2 is 2.08 bits per heavy atom. The number of anilines is 1. The zero-order chi connectivity index (χ0) is 9.64. The maximum Gasteiger partial charge on any atom is 0.119 e. The minimum Gasteiger partial charge on any atom is -0.385 e. The number of nitrogens with one attached hydrogen (secondary N) is 1. The Kier molecular flexibility index (Phi) is 1.46. The van der Waals surface area contributed by atoms with Crippen LogP contribution in [0.5, 0.6) is 0 Å². The molecule has 0 fully saturated rings. The van der Waals surface area contributed by atoms with Gasteiger partial charge in [0.25, 0.3) is 0 Å². The Morgan fingerprint density at radius 3 is 2.69 bits per heavy atom. The highest BCUT2D eigenvalue weighted by Crippen LogP contribution is 2.27. The van der Waals surface area contributed by atoms with Gasteiger partial charge in [-0.15, -0.1) is 0 Å². The van der Waals surface area contributed by atoms with Crippen LogP contribution in [0.15, 0.2) is 18.3 Å². The van der Waals surface area contributed by atoms with Crippen molar-refractivity contribution >= 4 is 16.9 Å². The second-order valence-electron chi connectivity index (χ2n) is 4.36. The lowest BCUT2D eigenvalue weighted by atomic mass is 10.1. The summed E-state index contributed by atoms with van der Waals surface area (Å²) in [5, 5.41) is 1.17. The normalized spacial score (nSPS) is 12.5. The van der Waals surface area contributed by atoms with E-state index in [-0.39, 0.29) is 5.54 Å². The summed E-state index contributed by atoms with van der Waals surface area (Å²) in [7, 11) is 0. The monoisotopic (exact) mass is 177 g/mol. The average Bonchev–Trinajstić information content (AvgIpc) is 2.41. The standard InChI is InChI=1S/C10H15N3/c1-10(2,3)13-8(11)6-7-4-5-12-9(7)13/h4-6,12H,11H2,1-3H3. The molecule has 0 unspecified atom stereocenters. The van der Waals surface area contributed by atoms with E-state index in [1.807, 2.05) is 18.3 Å². The first kappa shape index (κ1) is 8.23. The SMILES string of the molecule is CC(C)(C)n1c(N)cc2cc[nH]c21. The molecule has 3 heteroatoms. The van der Waals surface area contributed by atoms with E-state index in [1.165, 1.54) is 5.39 Å². The van der Waals surface area contributed by atoms with Crippen LogP contribution in [0.1, 0.15) is 20.8 Å². The topological polar surface area (TPSA) is 46.7 Å².